The number of hydrogen-bond donors (Lipinski definition) is 1. The lowest BCUT2D eigenvalue weighted by molar-refractivity contribution is -0.129. The molecule has 31 heavy (non-hydrogen) atoms. The van der Waals surface area contributed by atoms with Gasteiger partial charge in [-0.1, -0.05) is 18.2 Å². The molecule has 1 unspecified atom stereocenters. The number of hydrogen-bond acceptors (Lipinski definition) is 6. The van der Waals surface area contributed by atoms with Gasteiger partial charge in [-0.05, 0) is 56.3 Å². The first kappa shape index (κ1) is 21.3. The average Bonchev–Trinajstić information content (AvgIpc) is 3.42. The predicted octanol–water partition coefficient (Wildman–Crippen LogP) is 5.20. The number of aryl methyl sites for hydroxylation is 1. The topological polar surface area (TPSA) is 80.0 Å². The summed E-state index contributed by atoms with van der Waals surface area (Å²) >= 11 is 1.47. The Bertz CT molecular complexity index is 1120. The molecule has 0 fully saturated rings. The minimum atomic E-state index is -0.646. The Labute approximate surface area is 184 Å². The number of carbonyl (C=O) groups is 2. The van der Waals surface area contributed by atoms with Crippen LogP contribution in [0, 0.1) is 6.92 Å². The van der Waals surface area contributed by atoms with Gasteiger partial charge in [0.15, 0.2) is 11.5 Å². The van der Waals surface area contributed by atoms with E-state index >= 15 is 0 Å². The number of ether oxygens (including phenoxy) is 1. The summed E-state index contributed by atoms with van der Waals surface area (Å²) in [6, 6.07) is 10.3. The lowest BCUT2D eigenvalue weighted by atomic mass is 9.98. The number of carbonyl (C=O) groups excluding carboxylic acids is 2. The molecular formula is C24H25NO5S. The Balaban J connectivity index is 1.69. The number of furan rings is 1. The van der Waals surface area contributed by atoms with Gasteiger partial charge < -0.3 is 19.2 Å². The van der Waals surface area contributed by atoms with Crippen LogP contribution in [0.15, 0.2) is 57.5 Å². The maximum atomic E-state index is 13.4. The van der Waals surface area contributed by atoms with E-state index in [4.69, 9.17) is 9.15 Å². The summed E-state index contributed by atoms with van der Waals surface area (Å²) in [4.78, 5) is 28.8. The maximum Gasteiger partial charge on any atom is 0.290 e. The molecule has 7 heteroatoms. The van der Waals surface area contributed by atoms with E-state index in [9.17, 15) is 14.7 Å². The van der Waals surface area contributed by atoms with Gasteiger partial charge in [0.1, 0.15) is 5.58 Å². The van der Waals surface area contributed by atoms with Gasteiger partial charge in [-0.2, -0.15) is 0 Å². The Hall–Kier alpha value is -2.90. The van der Waals surface area contributed by atoms with Crippen LogP contribution in [-0.4, -0.2) is 41.0 Å². The predicted molar refractivity (Wildman–Crippen MR) is 119 cm³/mol. The molecule has 4 rings (SSSR count). The van der Waals surface area contributed by atoms with Crippen molar-refractivity contribution in [1.29, 1.82) is 0 Å². The average molecular weight is 440 g/mol. The van der Waals surface area contributed by atoms with E-state index in [-0.39, 0.29) is 17.4 Å². The number of fused-ring (bicyclic) bond motifs is 1. The molecular weight excluding hydrogens is 414 g/mol. The van der Waals surface area contributed by atoms with Crippen molar-refractivity contribution in [3.05, 3.63) is 69.3 Å². The molecule has 3 heterocycles. The number of thiophene rings is 1. The molecule has 1 aromatic carbocycles. The van der Waals surface area contributed by atoms with E-state index in [1.54, 1.807) is 17.0 Å². The lowest BCUT2D eigenvalue weighted by Crippen LogP contribution is -2.32. The van der Waals surface area contributed by atoms with E-state index in [0.29, 0.717) is 25.2 Å². The second-order valence-corrected chi connectivity index (χ2v) is 8.83. The molecule has 0 saturated heterocycles. The number of para-hydroxylation sites is 1. The van der Waals surface area contributed by atoms with Gasteiger partial charge in [0, 0.05) is 23.4 Å². The SMILES string of the molecule is Cc1ccsc1C1C(C(=O)c2cc3ccccc3o2)=C(O)C(=O)N1CCCOC(C)C. The van der Waals surface area contributed by atoms with Crippen molar-refractivity contribution in [2.45, 2.75) is 39.3 Å². The highest BCUT2D eigenvalue weighted by Gasteiger charge is 2.45. The van der Waals surface area contributed by atoms with Crippen molar-refractivity contribution in [3.8, 4) is 0 Å². The maximum absolute atomic E-state index is 13.4. The van der Waals surface area contributed by atoms with Gasteiger partial charge in [0.25, 0.3) is 5.91 Å². The van der Waals surface area contributed by atoms with Crippen LogP contribution in [0.1, 0.15) is 47.3 Å². The van der Waals surface area contributed by atoms with E-state index < -0.39 is 23.5 Å². The third-order valence-corrected chi connectivity index (χ3v) is 6.41. The Morgan fingerprint density at radius 2 is 2.06 bits per heavy atom. The standard InChI is InChI=1S/C24H25NO5S/c1-14(2)29-11-6-10-25-20(23-15(3)9-12-31-23)19(22(27)24(25)28)21(26)18-13-16-7-4-5-8-17(16)30-18/h4-5,7-9,12-14,20,27H,6,10-11H2,1-3H3. The molecule has 1 aliphatic rings. The van der Waals surface area contributed by atoms with Crippen LogP contribution in [-0.2, 0) is 9.53 Å². The first-order valence-corrected chi connectivity index (χ1v) is 11.2. The fraction of sp³-hybridized carbons (Fsp3) is 0.333. The molecule has 1 atom stereocenters. The van der Waals surface area contributed by atoms with Gasteiger partial charge in [0.05, 0.1) is 17.7 Å². The number of benzene rings is 1. The molecule has 1 amide bonds. The molecule has 1 aliphatic heterocycles. The number of aliphatic hydroxyl groups is 1. The summed E-state index contributed by atoms with van der Waals surface area (Å²) in [6.07, 6.45) is 0.700. The van der Waals surface area contributed by atoms with Crippen molar-refractivity contribution in [1.82, 2.24) is 4.90 Å². The second kappa shape index (κ2) is 8.69. The summed E-state index contributed by atoms with van der Waals surface area (Å²) in [7, 11) is 0. The van der Waals surface area contributed by atoms with Crippen molar-refractivity contribution in [2.75, 3.05) is 13.2 Å². The second-order valence-electron chi connectivity index (χ2n) is 7.88. The molecule has 0 spiro atoms. The van der Waals surface area contributed by atoms with Crippen molar-refractivity contribution < 1.29 is 23.8 Å². The van der Waals surface area contributed by atoms with E-state index in [1.807, 2.05) is 50.4 Å². The zero-order valence-corrected chi connectivity index (χ0v) is 18.6. The highest BCUT2D eigenvalue weighted by Crippen LogP contribution is 2.42. The van der Waals surface area contributed by atoms with Crippen LogP contribution in [0.25, 0.3) is 11.0 Å². The number of ketones is 1. The quantitative estimate of drug-likeness (QED) is 0.386. The summed E-state index contributed by atoms with van der Waals surface area (Å²) in [6.45, 7) is 6.71. The van der Waals surface area contributed by atoms with Crippen LogP contribution < -0.4 is 0 Å². The van der Waals surface area contributed by atoms with Gasteiger partial charge >= 0.3 is 0 Å². The van der Waals surface area contributed by atoms with Crippen LogP contribution in [0.3, 0.4) is 0 Å². The minimum Gasteiger partial charge on any atom is -0.503 e. The Morgan fingerprint density at radius 1 is 1.29 bits per heavy atom. The fourth-order valence-corrected chi connectivity index (χ4v) is 4.88. The minimum absolute atomic E-state index is 0.0689. The molecule has 0 bridgehead atoms. The van der Waals surface area contributed by atoms with Crippen molar-refractivity contribution in [2.24, 2.45) is 0 Å². The molecule has 0 aliphatic carbocycles. The molecule has 6 nitrogen and oxygen atoms in total. The van der Waals surface area contributed by atoms with Crippen LogP contribution >= 0.6 is 11.3 Å². The van der Waals surface area contributed by atoms with Crippen LogP contribution in [0.2, 0.25) is 0 Å². The molecule has 1 N–H and O–H groups in total. The zero-order chi connectivity index (χ0) is 22.1. The largest absolute Gasteiger partial charge is 0.503 e. The first-order valence-electron chi connectivity index (χ1n) is 10.3. The number of aliphatic hydroxyl groups excluding tert-OH is 1. The van der Waals surface area contributed by atoms with Gasteiger partial charge in [-0.25, -0.2) is 0 Å². The molecule has 0 radical (unpaired) electrons. The monoisotopic (exact) mass is 439 g/mol. The first-order chi connectivity index (χ1) is 14.9. The van der Waals surface area contributed by atoms with E-state index in [0.717, 1.165) is 15.8 Å². The highest BCUT2D eigenvalue weighted by atomic mass is 32.1. The normalized spacial score (nSPS) is 16.8. The summed E-state index contributed by atoms with van der Waals surface area (Å²) in [5, 5.41) is 13.5. The zero-order valence-electron chi connectivity index (χ0n) is 17.8. The number of nitrogens with zero attached hydrogens (tertiary/aromatic N) is 1. The number of rotatable bonds is 8. The van der Waals surface area contributed by atoms with Crippen LogP contribution in [0.5, 0.6) is 0 Å². The third-order valence-electron chi connectivity index (χ3n) is 5.34. The summed E-state index contributed by atoms with van der Waals surface area (Å²) < 4.78 is 11.3. The van der Waals surface area contributed by atoms with E-state index in [1.165, 1.54) is 11.3 Å². The fourth-order valence-electron chi connectivity index (χ4n) is 3.83. The van der Waals surface area contributed by atoms with E-state index in [2.05, 4.69) is 0 Å². The lowest BCUT2D eigenvalue weighted by Gasteiger charge is -2.26. The number of amides is 1. The summed E-state index contributed by atoms with van der Waals surface area (Å²) in [5.41, 5.74) is 1.62. The highest BCUT2D eigenvalue weighted by molar-refractivity contribution is 7.10. The van der Waals surface area contributed by atoms with Gasteiger partial charge in [0.2, 0.25) is 5.78 Å². The molecule has 162 valence electrons. The molecule has 0 saturated carbocycles. The molecule has 2 aromatic heterocycles. The van der Waals surface area contributed by atoms with Crippen molar-refractivity contribution >= 4 is 34.0 Å². The van der Waals surface area contributed by atoms with Crippen LogP contribution in [0.4, 0.5) is 0 Å². The summed E-state index contributed by atoms with van der Waals surface area (Å²) in [5.74, 6) is -1.41. The Morgan fingerprint density at radius 3 is 2.74 bits per heavy atom. The Kier molecular flexibility index (Phi) is 5.98. The van der Waals surface area contributed by atoms with Crippen molar-refractivity contribution in [3.63, 3.8) is 0 Å². The van der Waals surface area contributed by atoms with Gasteiger partial charge in [-0.15, -0.1) is 11.3 Å². The number of Topliss-reactive ketones (excluding diaryl/α,β-unsaturated/α-hetero) is 1. The third kappa shape index (κ3) is 4.03. The molecule has 3 aromatic rings. The van der Waals surface area contributed by atoms with Gasteiger partial charge in [-0.3, -0.25) is 9.59 Å². The smallest absolute Gasteiger partial charge is 0.290 e.